The minimum atomic E-state index is 0.500. The number of hydrazone groups is 1. The summed E-state index contributed by atoms with van der Waals surface area (Å²) in [4.78, 5) is 0. The Labute approximate surface area is 96.2 Å². The zero-order chi connectivity index (χ0) is 11.0. The number of thioether (sulfide) groups is 1. The van der Waals surface area contributed by atoms with E-state index >= 15 is 0 Å². The molecule has 0 saturated carbocycles. The van der Waals surface area contributed by atoms with E-state index in [0.717, 1.165) is 22.4 Å². The van der Waals surface area contributed by atoms with Crippen LogP contribution in [0.4, 0.5) is 0 Å². The van der Waals surface area contributed by atoms with Crippen LogP contribution in [0.25, 0.3) is 16.7 Å². The fraction of sp³-hybridized carbons (Fsp3) is 0. The van der Waals surface area contributed by atoms with Crippen LogP contribution in [0.1, 0.15) is 5.76 Å². The molecule has 1 aromatic carbocycles. The van der Waals surface area contributed by atoms with Gasteiger partial charge in [-0.05, 0) is 12.1 Å². The van der Waals surface area contributed by atoms with Crippen molar-refractivity contribution < 1.29 is 4.42 Å². The monoisotopic (exact) mass is 231 g/mol. The van der Waals surface area contributed by atoms with Crippen LogP contribution in [-0.2, 0) is 0 Å². The molecule has 2 aromatic rings. The van der Waals surface area contributed by atoms with Gasteiger partial charge in [-0.15, -0.1) is 0 Å². The lowest BCUT2D eigenvalue weighted by Gasteiger charge is -2.08. The third-order valence-electron chi connectivity index (χ3n) is 2.28. The highest BCUT2D eigenvalue weighted by molar-refractivity contribution is 8.16. The van der Waals surface area contributed by atoms with Gasteiger partial charge in [-0.2, -0.15) is 5.10 Å². The summed E-state index contributed by atoms with van der Waals surface area (Å²) in [7, 11) is 0. The lowest BCUT2D eigenvalue weighted by atomic mass is 10.2. The number of hydrogen-bond donors (Lipinski definition) is 2. The van der Waals surface area contributed by atoms with Crippen molar-refractivity contribution in [2.75, 3.05) is 0 Å². The predicted octanol–water partition coefficient (Wildman–Crippen LogP) is 2.30. The predicted molar refractivity (Wildman–Crippen MR) is 66.5 cm³/mol. The molecule has 0 amide bonds. The Morgan fingerprint density at radius 1 is 1.31 bits per heavy atom. The standard InChI is InChI=1S/C11H9N3OS/c12-11-14-13-8(6-16-11)10-5-7-3-1-2-4-9(7)15-10/h1-6,13H,(H2,12,14). The molecule has 0 radical (unpaired) electrons. The molecule has 0 spiro atoms. The van der Waals surface area contributed by atoms with E-state index in [4.69, 9.17) is 10.2 Å². The number of nitrogens with two attached hydrogens (primary N) is 1. The molecular weight excluding hydrogens is 222 g/mol. The lowest BCUT2D eigenvalue weighted by Crippen LogP contribution is -2.16. The minimum absolute atomic E-state index is 0.500. The van der Waals surface area contributed by atoms with Gasteiger partial charge in [-0.1, -0.05) is 30.0 Å². The molecule has 1 aromatic heterocycles. The second-order valence-corrected chi connectivity index (χ2v) is 4.25. The van der Waals surface area contributed by atoms with Gasteiger partial charge in [0.2, 0.25) is 0 Å². The quantitative estimate of drug-likeness (QED) is 0.790. The first-order valence-corrected chi connectivity index (χ1v) is 5.66. The number of hydrogen-bond acceptors (Lipinski definition) is 5. The maximum absolute atomic E-state index is 5.69. The molecule has 0 bridgehead atoms. The molecule has 1 aliphatic rings. The molecule has 1 aliphatic heterocycles. The van der Waals surface area contributed by atoms with Crippen LogP contribution in [0.15, 0.2) is 45.3 Å². The Bertz CT molecular complexity index is 567. The molecule has 16 heavy (non-hydrogen) atoms. The Kier molecular flexibility index (Phi) is 2.11. The van der Waals surface area contributed by atoms with Crippen molar-refractivity contribution in [3.63, 3.8) is 0 Å². The Balaban J connectivity index is 2.01. The minimum Gasteiger partial charge on any atom is -0.454 e. The normalized spacial score (nSPS) is 15.5. The van der Waals surface area contributed by atoms with E-state index in [0.29, 0.717) is 5.17 Å². The number of rotatable bonds is 1. The largest absolute Gasteiger partial charge is 0.454 e. The van der Waals surface area contributed by atoms with E-state index in [1.165, 1.54) is 11.8 Å². The van der Waals surface area contributed by atoms with Crippen molar-refractivity contribution in [2.24, 2.45) is 10.8 Å². The molecule has 3 rings (SSSR count). The first-order valence-electron chi connectivity index (χ1n) is 4.78. The van der Waals surface area contributed by atoms with Crippen molar-refractivity contribution in [3.05, 3.63) is 41.5 Å². The summed E-state index contributed by atoms with van der Waals surface area (Å²) >= 11 is 1.37. The molecular formula is C11H9N3OS. The Morgan fingerprint density at radius 3 is 2.94 bits per heavy atom. The molecule has 0 atom stereocenters. The number of amidine groups is 1. The average Bonchev–Trinajstić information content (AvgIpc) is 2.73. The van der Waals surface area contributed by atoms with Crippen molar-refractivity contribution in [3.8, 4) is 0 Å². The fourth-order valence-electron chi connectivity index (χ4n) is 1.52. The molecule has 5 heteroatoms. The van der Waals surface area contributed by atoms with Crippen LogP contribution in [0.2, 0.25) is 0 Å². The van der Waals surface area contributed by atoms with Gasteiger partial charge in [0.1, 0.15) is 11.3 Å². The number of para-hydroxylation sites is 1. The van der Waals surface area contributed by atoms with Gasteiger partial charge in [-0.3, -0.25) is 5.43 Å². The van der Waals surface area contributed by atoms with Crippen LogP contribution in [-0.4, -0.2) is 5.17 Å². The molecule has 0 saturated heterocycles. The van der Waals surface area contributed by atoms with Gasteiger partial charge in [0.05, 0.1) is 0 Å². The van der Waals surface area contributed by atoms with Crippen LogP contribution < -0.4 is 11.2 Å². The van der Waals surface area contributed by atoms with E-state index < -0.39 is 0 Å². The van der Waals surface area contributed by atoms with Crippen molar-refractivity contribution >= 4 is 33.6 Å². The Morgan fingerprint density at radius 2 is 2.19 bits per heavy atom. The van der Waals surface area contributed by atoms with Crippen LogP contribution in [0.3, 0.4) is 0 Å². The highest BCUT2D eigenvalue weighted by atomic mass is 32.2. The first-order chi connectivity index (χ1) is 7.83. The second-order valence-electron chi connectivity index (χ2n) is 3.36. The van der Waals surface area contributed by atoms with Crippen LogP contribution in [0, 0.1) is 0 Å². The number of fused-ring (bicyclic) bond motifs is 1. The van der Waals surface area contributed by atoms with Crippen molar-refractivity contribution in [1.82, 2.24) is 5.43 Å². The summed E-state index contributed by atoms with van der Waals surface area (Å²) < 4.78 is 5.69. The summed E-state index contributed by atoms with van der Waals surface area (Å²) in [5.74, 6) is 0.768. The number of nitrogens with one attached hydrogen (secondary N) is 1. The topological polar surface area (TPSA) is 63.5 Å². The summed E-state index contributed by atoms with van der Waals surface area (Å²) in [5.41, 5.74) is 10.1. The highest BCUT2D eigenvalue weighted by Crippen LogP contribution is 2.26. The number of furan rings is 1. The van der Waals surface area contributed by atoms with Crippen molar-refractivity contribution in [2.45, 2.75) is 0 Å². The van der Waals surface area contributed by atoms with Crippen molar-refractivity contribution in [1.29, 1.82) is 0 Å². The fourth-order valence-corrected chi connectivity index (χ4v) is 2.02. The zero-order valence-electron chi connectivity index (χ0n) is 8.31. The number of nitrogens with zero attached hydrogens (tertiary/aromatic N) is 1. The van der Waals surface area contributed by atoms with Crippen LogP contribution in [0.5, 0.6) is 0 Å². The summed E-state index contributed by atoms with van der Waals surface area (Å²) in [6.07, 6.45) is 0. The maximum atomic E-state index is 5.69. The molecule has 3 N–H and O–H groups in total. The van der Waals surface area contributed by atoms with Gasteiger partial charge >= 0.3 is 0 Å². The summed E-state index contributed by atoms with van der Waals surface area (Å²) in [6, 6.07) is 9.85. The molecule has 80 valence electrons. The van der Waals surface area contributed by atoms with Gasteiger partial charge in [0, 0.05) is 10.8 Å². The first kappa shape index (κ1) is 9.35. The average molecular weight is 231 g/mol. The highest BCUT2D eigenvalue weighted by Gasteiger charge is 2.11. The Hall–Kier alpha value is -1.88. The van der Waals surface area contributed by atoms with E-state index in [9.17, 15) is 0 Å². The third kappa shape index (κ3) is 1.55. The molecule has 0 aliphatic carbocycles. The molecule has 2 heterocycles. The summed E-state index contributed by atoms with van der Waals surface area (Å²) in [6.45, 7) is 0. The van der Waals surface area contributed by atoms with E-state index in [-0.39, 0.29) is 0 Å². The number of benzene rings is 1. The van der Waals surface area contributed by atoms with E-state index in [1.54, 1.807) is 0 Å². The van der Waals surface area contributed by atoms with Crippen LogP contribution >= 0.6 is 11.8 Å². The van der Waals surface area contributed by atoms with Gasteiger partial charge in [0.25, 0.3) is 0 Å². The maximum Gasteiger partial charge on any atom is 0.182 e. The zero-order valence-corrected chi connectivity index (χ0v) is 9.12. The molecule has 0 fully saturated rings. The van der Waals surface area contributed by atoms with E-state index in [1.807, 2.05) is 35.7 Å². The van der Waals surface area contributed by atoms with E-state index in [2.05, 4.69) is 10.5 Å². The van der Waals surface area contributed by atoms with Gasteiger partial charge in [-0.25, -0.2) is 0 Å². The summed E-state index contributed by atoms with van der Waals surface area (Å²) in [5, 5.41) is 7.40. The molecule has 4 nitrogen and oxygen atoms in total. The second kappa shape index (κ2) is 3.61. The lowest BCUT2D eigenvalue weighted by molar-refractivity contribution is 0.593. The molecule has 0 unspecified atom stereocenters. The van der Waals surface area contributed by atoms with Gasteiger partial charge < -0.3 is 10.2 Å². The third-order valence-corrected chi connectivity index (χ3v) is 2.96. The SMILES string of the molecule is NC1=NNC(c2cc3ccccc3o2)=CS1. The smallest absolute Gasteiger partial charge is 0.182 e. The van der Waals surface area contributed by atoms with Gasteiger partial charge in [0.15, 0.2) is 10.9 Å².